The number of sulfone groups is 1. The molecular formula is C15H19ClN2O4S3. The molecule has 1 aromatic carbocycles. The number of hydrogen-bond donors (Lipinski definition) is 1. The summed E-state index contributed by atoms with van der Waals surface area (Å²) in [5.41, 5.74) is 2.25. The molecule has 0 bridgehead atoms. The maximum absolute atomic E-state index is 12.7. The van der Waals surface area contributed by atoms with E-state index < -0.39 is 19.9 Å². The van der Waals surface area contributed by atoms with Crippen molar-refractivity contribution in [3.63, 3.8) is 0 Å². The van der Waals surface area contributed by atoms with Crippen LogP contribution in [0.15, 0.2) is 33.4 Å². The third-order valence-electron chi connectivity index (χ3n) is 3.28. The Kier molecular flexibility index (Phi) is 5.85. The first-order valence-electron chi connectivity index (χ1n) is 7.16. The van der Waals surface area contributed by atoms with Crippen LogP contribution in [0.4, 0.5) is 5.69 Å². The van der Waals surface area contributed by atoms with Gasteiger partial charge in [-0.15, -0.1) is 11.3 Å². The summed E-state index contributed by atoms with van der Waals surface area (Å²) >= 11 is 6.70. The van der Waals surface area contributed by atoms with Crippen molar-refractivity contribution in [3.05, 3.63) is 39.7 Å². The second-order valence-corrected chi connectivity index (χ2v) is 11.5. The molecule has 0 aliphatic carbocycles. The Hall–Kier alpha value is -1.13. The van der Waals surface area contributed by atoms with Crippen LogP contribution in [0, 0.1) is 6.92 Å². The van der Waals surface area contributed by atoms with Crippen LogP contribution in [-0.2, 0) is 26.4 Å². The van der Waals surface area contributed by atoms with Gasteiger partial charge in [0.2, 0.25) is 0 Å². The molecule has 2 rings (SSSR count). The van der Waals surface area contributed by atoms with Crippen molar-refractivity contribution < 1.29 is 16.8 Å². The van der Waals surface area contributed by atoms with Gasteiger partial charge < -0.3 is 4.90 Å². The van der Waals surface area contributed by atoms with E-state index in [1.165, 1.54) is 0 Å². The summed E-state index contributed by atoms with van der Waals surface area (Å²) in [6.07, 6.45) is 1.01. The molecule has 1 heterocycles. The number of nitrogens with zero attached hydrogens (tertiary/aromatic N) is 1. The molecule has 0 saturated heterocycles. The predicted octanol–water partition coefficient (Wildman–Crippen LogP) is 2.98. The Morgan fingerprint density at radius 3 is 2.32 bits per heavy atom. The molecule has 1 N–H and O–H groups in total. The average Bonchev–Trinajstić information content (AvgIpc) is 2.84. The van der Waals surface area contributed by atoms with Crippen molar-refractivity contribution in [2.24, 2.45) is 0 Å². The van der Waals surface area contributed by atoms with E-state index in [1.54, 1.807) is 12.1 Å². The van der Waals surface area contributed by atoms with Gasteiger partial charge in [0.25, 0.3) is 10.0 Å². The molecule has 2 aromatic rings. The Balaban J connectivity index is 2.45. The second-order valence-electron chi connectivity index (χ2n) is 5.98. The zero-order valence-corrected chi connectivity index (χ0v) is 17.4. The third-order valence-corrected chi connectivity index (χ3v) is 8.07. The van der Waals surface area contributed by atoms with Crippen LogP contribution in [0.5, 0.6) is 0 Å². The van der Waals surface area contributed by atoms with Gasteiger partial charge in [0.05, 0.1) is 5.69 Å². The van der Waals surface area contributed by atoms with Crippen LogP contribution in [0.2, 0.25) is 4.34 Å². The van der Waals surface area contributed by atoms with Crippen molar-refractivity contribution in [2.75, 3.05) is 25.1 Å². The summed E-state index contributed by atoms with van der Waals surface area (Å²) in [6.45, 7) is 2.47. The highest BCUT2D eigenvalue weighted by atomic mass is 35.5. The van der Waals surface area contributed by atoms with Gasteiger partial charge in [0.1, 0.15) is 13.4 Å². The van der Waals surface area contributed by atoms with Gasteiger partial charge in [-0.05, 0) is 38.7 Å². The Labute approximate surface area is 157 Å². The molecule has 10 heteroatoms. The number of thiophene rings is 1. The summed E-state index contributed by atoms with van der Waals surface area (Å²) < 4.78 is 51.0. The minimum atomic E-state index is -4.01. The van der Waals surface area contributed by atoms with Crippen molar-refractivity contribution >= 4 is 48.5 Å². The van der Waals surface area contributed by atoms with Crippen LogP contribution >= 0.6 is 22.9 Å². The van der Waals surface area contributed by atoms with E-state index in [9.17, 15) is 16.8 Å². The molecule has 0 amide bonds. The molecule has 0 fully saturated rings. The van der Waals surface area contributed by atoms with Gasteiger partial charge in [0, 0.05) is 12.8 Å². The molecule has 0 saturated carbocycles. The molecule has 0 radical (unpaired) electrons. The van der Waals surface area contributed by atoms with Crippen molar-refractivity contribution in [1.82, 2.24) is 4.90 Å². The first-order chi connectivity index (χ1) is 11.4. The number of benzene rings is 1. The lowest BCUT2D eigenvalue weighted by Gasteiger charge is -2.16. The van der Waals surface area contributed by atoms with E-state index in [1.807, 2.05) is 32.0 Å². The largest absolute Gasteiger partial charge is 0.305 e. The van der Waals surface area contributed by atoms with Gasteiger partial charge in [-0.25, -0.2) is 16.8 Å². The average molecular weight is 423 g/mol. The van der Waals surface area contributed by atoms with Crippen LogP contribution < -0.4 is 4.72 Å². The molecule has 138 valence electrons. The van der Waals surface area contributed by atoms with Crippen LogP contribution in [0.3, 0.4) is 0 Å². The molecule has 25 heavy (non-hydrogen) atoms. The van der Waals surface area contributed by atoms with Gasteiger partial charge >= 0.3 is 0 Å². The van der Waals surface area contributed by atoms with E-state index in [4.69, 9.17) is 11.6 Å². The normalized spacial score (nSPS) is 12.6. The lowest BCUT2D eigenvalue weighted by molar-refractivity contribution is 0.403. The third kappa shape index (κ3) is 4.95. The number of anilines is 1. The van der Waals surface area contributed by atoms with Gasteiger partial charge in [-0.2, -0.15) is 0 Å². The molecule has 0 spiro atoms. The fourth-order valence-corrected chi connectivity index (χ4v) is 6.32. The van der Waals surface area contributed by atoms with E-state index in [0.29, 0.717) is 12.2 Å². The van der Waals surface area contributed by atoms with Crippen LogP contribution in [-0.4, -0.2) is 42.1 Å². The van der Waals surface area contributed by atoms with Crippen LogP contribution in [0.1, 0.15) is 11.1 Å². The standard InChI is InChI=1S/C15H19ClN2O4S3/c1-10-5-6-12(11(7-10)9-18(2)3)17-25(21,22)13-8-14(23-15(13)16)24(4,19)20/h5-8,17H,9H2,1-4H3. The lowest BCUT2D eigenvalue weighted by Crippen LogP contribution is -2.17. The molecule has 0 aliphatic heterocycles. The zero-order valence-electron chi connectivity index (χ0n) is 14.2. The minimum Gasteiger partial charge on any atom is -0.305 e. The number of halogens is 1. The Morgan fingerprint density at radius 1 is 1.16 bits per heavy atom. The van der Waals surface area contributed by atoms with Crippen LogP contribution in [0.25, 0.3) is 0 Å². The number of hydrogen-bond acceptors (Lipinski definition) is 6. The van der Waals surface area contributed by atoms with Gasteiger partial charge in [-0.3, -0.25) is 4.72 Å². The highest BCUT2D eigenvalue weighted by Crippen LogP contribution is 2.35. The number of aryl methyl sites for hydroxylation is 1. The Bertz CT molecular complexity index is 996. The fraction of sp³-hybridized carbons (Fsp3) is 0.333. The summed E-state index contributed by atoms with van der Waals surface area (Å²) in [5.74, 6) is 0. The number of rotatable bonds is 6. The predicted molar refractivity (Wildman–Crippen MR) is 102 cm³/mol. The monoisotopic (exact) mass is 422 g/mol. The molecule has 6 nitrogen and oxygen atoms in total. The first kappa shape index (κ1) is 20.2. The van der Waals surface area contributed by atoms with E-state index in [0.717, 1.165) is 34.8 Å². The fourth-order valence-electron chi connectivity index (χ4n) is 2.19. The minimum absolute atomic E-state index is 0.0877. The van der Waals surface area contributed by atoms with Crippen molar-refractivity contribution in [1.29, 1.82) is 0 Å². The maximum atomic E-state index is 12.7. The summed E-state index contributed by atoms with van der Waals surface area (Å²) in [6, 6.07) is 6.47. The lowest BCUT2D eigenvalue weighted by atomic mass is 10.1. The topological polar surface area (TPSA) is 83.5 Å². The van der Waals surface area contributed by atoms with Gasteiger partial charge in [0.15, 0.2) is 9.84 Å². The smallest absolute Gasteiger partial charge is 0.264 e. The zero-order chi connectivity index (χ0) is 19.0. The molecule has 0 aliphatic rings. The Morgan fingerprint density at radius 2 is 1.80 bits per heavy atom. The maximum Gasteiger partial charge on any atom is 0.264 e. The number of sulfonamides is 1. The second kappa shape index (κ2) is 7.24. The highest BCUT2D eigenvalue weighted by molar-refractivity contribution is 7.94. The first-order valence-corrected chi connectivity index (χ1v) is 11.7. The molecular weight excluding hydrogens is 404 g/mol. The highest BCUT2D eigenvalue weighted by Gasteiger charge is 2.25. The van der Waals surface area contributed by atoms with E-state index in [-0.39, 0.29) is 13.4 Å². The van der Waals surface area contributed by atoms with Gasteiger partial charge in [-0.1, -0.05) is 29.3 Å². The summed E-state index contributed by atoms with van der Waals surface area (Å²) in [5, 5.41) is 0. The summed E-state index contributed by atoms with van der Waals surface area (Å²) in [7, 11) is -3.77. The quantitative estimate of drug-likeness (QED) is 0.773. The molecule has 0 atom stereocenters. The van der Waals surface area contributed by atoms with Crippen molar-refractivity contribution in [3.8, 4) is 0 Å². The summed E-state index contributed by atoms with van der Waals surface area (Å²) in [4.78, 5) is 1.68. The van der Waals surface area contributed by atoms with E-state index in [2.05, 4.69) is 4.72 Å². The van der Waals surface area contributed by atoms with E-state index >= 15 is 0 Å². The van der Waals surface area contributed by atoms with Crippen molar-refractivity contribution in [2.45, 2.75) is 22.6 Å². The molecule has 0 unspecified atom stereocenters. The molecule has 1 aromatic heterocycles. The number of nitrogens with one attached hydrogen (secondary N) is 1. The SMILES string of the molecule is Cc1ccc(NS(=O)(=O)c2cc(S(C)(=O)=O)sc2Cl)c(CN(C)C)c1.